The summed E-state index contributed by atoms with van der Waals surface area (Å²) in [6, 6.07) is 8.15. The van der Waals surface area contributed by atoms with Crippen molar-refractivity contribution < 1.29 is 0 Å². The van der Waals surface area contributed by atoms with E-state index in [1.165, 1.54) is 82.3 Å². The Morgan fingerprint density at radius 2 is 1.73 bits per heavy atom. The summed E-state index contributed by atoms with van der Waals surface area (Å²) in [5, 5.41) is 0. The van der Waals surface area contributed by atoms with Crippen LogP contribution in [0, 0.1) is 5.92 Å². The molecule has 2 heterocycles. The third-order valence-electron chi connectivity index (χ3n) is 5.85. The van der Waals surface area contributed by atoms with Gasteiger partial charge < -0.3 is 4.90 Å². The number of hydrogen-bond donors (Lipinski definition) is 0. The predicted octanol–water partition coefficient (Wildman–Crippen LogP) is 5.53. The number of nitrogens with zero attached hydrogens (tertiary/aromatic N) is 2. The summed E-state index contributed by atoms with van der Waals surface area (Å²) >= 11 is 1.37. The predicted molar refractivity (Wildman–Crippen MR) is 113 cm³/mol. The maximum atomic E-state index is 12.1. The molecule has 0 atom stereocenters. The molecule has 0 aliphatic carbocycles. The van der Waals surface area contributed by atoms with Crippen LogP contribution in [0.1, 0.15) is 64.7 Å². The zero-order chi connectivity index (χ0) is 18.2. The van der Waals surface area contributed by atoms with Crippen molar-refractivity contribution in [2.24, 2.45) is 5.92 Å². The molecule has 1 fully saturated rings. The molecule has 0 radical (unpaired) electrons. The zero-order valence-corrected chi connectivity index (χ0v) is 17.1. The second kappa shape index (κ2) is 10.3. The van der Waals surface area contributed by atoms with E-state index in [9.17, 15) is 4.79 Å². The average molecular weight is 375 g/mol. The van der Waals surface area contributed by atoms with Gasteiger partial charge in [0.1, 0.15) is 0 Å². The number of para-hydroxylation sites is 1. The molecule has 4 heteroatoms. The fourth-order valence-corrected chi connectivity index (χ4v) is 5.09. The van der Waals surface area contributed by atoms with E-state index in [1.54, 1.807) is 0 Å². The van der Waals surface area contributed by atoms with Gasteiger partial charge in [0.05, 0.1) is 10.2 Å². The summed E-state index contributed by atoms with van der Waals surface area (Å²) in [7, 11) is 0. The first kappa shape index (κ1) is 19.6. The first-order valence-electron chi connectivity index (χ1n) is 10.6. The van der Waals surface area contributed by atoms with E-state index in [2.05, 4.69) is 17.9 Å². The van der Waals surface area contributed by atoms with E-state index >= 15 is 0 Å². The number of thiazole rings is 1. The van der Waals surface area contributed by atoms with Crippen molar-refractivity contribution in [2.75, 3.05) is 19.6 Å². The first-order chi connectivity index (χ1) is 12.8. The molecule has 3 rings (SSSR count). The summed E-state index contributed by atoms with van der Waals surface area (Å²) in [4.78, 5) is 15.0. The van der Waals surface area contributed by atoms with E-state index in [0.717, 1.165) is 29.1 Å². The molecule has 0 bridgehead atoms. The number of benzene rings is 1. The van der Waals surface area contributed by atoms with Gasteiger partial charge in [-0.05, 0) is 63.4 Å². The minimum absolute atomic E-state index is 0.192. The van der Waals surface area contributed by atoms with E-state index in [4.69, 9.17) is 0 Å². The highest BCUT2D eigenvalue weighted by Gasteiger charge is 2.18. The maximum absolute atomic E-state index is 12.1. The molecule has 1 aliphatic rings. The van der Waals surface area contributed by atoms with Crippen molar-refractivity contribution in [1.82, 2.24) is 9.47 Å². The normalized spacial score (nSPS) is 16.5. The van der Waals surface area contributed by atoms with E-state index < -0.39 is 0 Å². The van der Waals surface area contributed by atoms with Crippen LogP contribution in [0.3, 0.4) is 0 Å². The molecule has 1 aromatic carbocycles. The Kier molecular flexibility index (Phi) is 7.75. The van der Waals surface area contributed by atoms with Gasteiger partial charge in [0, 0.05) is 6.54 Å². The molecule has 26 heavy (non-hydrogen) atoms. The van der Waals surface area contributed by atoms with Crippen LogP contribution in [-0.2, 0) is 6.54 Å². The van der Waals surface area contributed by atoms with Crippen LogP contribution in [0.2, 0.25) is 0 Å². The molecular formula is C22H34N2OS. The van der Waals surface area contributed by atoms with E-state index in [1.807, 2.05) is 22.8 Å². The molecule has 0 unspecified atom stereocenters. The molecule has 1 aliphatic heterocycles. The summed E-state index contributed by atoms with van der Waals surface area (Å²) in [5.41, 5.74) is 1.11. The van der Waals surface area contributed by atoms with Crippen molar-refractivity contribution in [2.45, 2.75) is 71.3 Å². The monoisotopic (exact) mass is 374 g/mol. The lowest BCUT2D eigenvalue weighted by molar-refractivity contribution is 0.174. The Labute approximate surface area is 162 Å². The fraction of sp³-hybridized carbons (Fsp3) is 0.682. The van der Waals surface area contributed by atoms with Crippen molar-refractivity contribution in [1.29, 1.82) is 0 Å². The van der Waals surface area contributed by atoms with E-state index in [-0.39, 0.29) is 4.87 Å². The van der Waals surface area contributed by atoms with Gasteiger partial charge in [-0.1, -0.05) is 62.5 Å². The third kappa shape index (κ3) is 5.43. The quantitative estimate of drug-likeness (QED) is 0.511. The SMILES string of the molecule is CCCCC1CCN(CCCCCCn2c(=O)sc3ccccc32)CC1. The average Bonchev–Trinajstić information content (AvgIpc) is 2.99. The number of hydrogen-bond acceptors (Lipinski definition) is 3. The van der Waals surface area contributed by atoms with Crippen LogP contribution in [0.4, 0.5) is 0 Å². The molecule has 0 saturated carbocycles. The molecular weight excluding hydrogens is 340 g/mol. The van der Waals surface area contributed by atoms with Gasteiger partial charge in [-0.25, -0.2) is 0 Å². The van der Waals surface area contributed by atoms with Crippen molar-refractivity contribution >= 4 is 21.6 Å². The lowest BCUT2D eigenvalue weighted by Gasteiger charge is -2.32. The summed E-state index contributed by atoms with van der Waals surface area (Å²) < 4.78 is 3.07. The van der Waals surface area contributed by atoms with Gasteiger partial charge >= 0.3 is 4.87 Å². The van der Waals surface area contributed by atoms with Crippen LogP contribution in [0.15, 0.2) is 29.1 Å². The first-order valence-corrected chi connectivity index (χ1v) is 11.4. The highest BCUT2D eigenvalue weighted by Crippen LogP contribution is 2.23. The lowest BCUT2D eigenvalue weighted by atomic mass is 9.91. The summed E-state index contributed by atoms with van der Waals surface area (Å²) in [5.74, 6) is 0.991. The molecule has 0 amide bonds. The largest absolute Gasteiger partial charge is 0.308 e. The number of likely N-dealkylation sites (tertiary alicyclic amines) is 1. The van der Waals surface area contributed by atoms with Gasteiger partial charge in [-0.3, -0.25) is 9.36 Å². The number of fused-ring (bicyclic) bond motifs is 1. The van der Waals surface area contributed by atoms with Crippen molar-refractivity contribution in [3.8, 4) is 0 Å². The van der Waals surface area contributed by atoms with Gasteiger partial charge in [0.15, 0.2) is 0 Å². The Balaban J connectivity index is 1.29. The molecule has 0 N–H and O–H groups in total. The van der Waals surface area contributed by atoms with Crippen molar-refractivity contribution in [3.63, 3.8) is 0 Å². The Hall–Kier alpha value is -1.13. The zero-order valence-electron chi connectivity index (χ0n) is 16.3. The molecule has 1 aromatic heterocycles. The number of piperidine rings is 1. The molecule has 2 aromatic rings. The Morgan fingerprint density at radius 3 is 2.50 bits per heavy atom. The Bertz CT molecular complexity index is 712. The number of aromatic nitrogens is 1. The van der Waals surface area contributed by atoms with Crippen LogP contribution < -0.4 is 4.87 Å². The standard InChI is InChI=1S/C22H34N2OS/c1-2-3-10-19-13-17-23(18-14-19)15-8-4-5-9-16-24-20-11-6-7-12-21(20)26-22(24)25/h6-7,11-12,19H,2-5,8-10,13-18H2,1H3. The highest BCUT2D eigenvalue weighted by molar-refractivity contribution is 7.16. The van der Waals surface area contributed by atoms with Crippen LogP contribution in [0.25, 0.3) is 10.2 Å². The highest BCUT2D eigenvalue weighted by atomic mass is 32.1. The van der Waals surface area contributed by atoms with Gasteiger partial charge in [-0.2, -0.15) is 0 Å². The molecule has 3 nitrogen and oxygen atoms in total. The number of rotatable bonds is 10. The second-order valence-corrected chi connectivity index (χ2v) is 8.82. The van der Waals surface area contributed by atoms with Crippen molar-refractivity contribution in [3.05, 3.63) is 33.9 Å². The summed E-state index contributed by atoms with van der Waals surface area (Å²) in [6.45, 7) is 7.05. The fourth-order valence-electron chi connectivity index (χ4n) is 4.18. The summed E-state index contributed by atoms with van der Waals surface area (Å²) in [6.07, 6.45) is 11.9. The van der Waals surface area contributed by atoms with Crippen LogP contribution in [-0.4, -0.2) is 29.1 Å². The van der Waals surface area contributed by atoms with Gasteiger partial charge in [-0.15, -0.1) is 0 Å². The molecule has 144 valence electrons. The van der Waals surface area contributed by atoms with Crippen LogP contribution in [0.5, 0.6) is 0 Å². The van der Waals surface area contributed by atoms with E-state index in [0.29, 0.717) is 0 Å². The maximum Gasteiger partial charge on any atom is 0.308 e. The molecule has 1 saturated heterocycles. The second-order valence-electron chi connectivity index (χ2n) is 7.83. The molecule has 0 spiro atoms. The lowest BCUT2D eigenvalue weighted by Crippen LogP contribution is -2.34. The minimum atomic E-state index is 0.192. The van der Waals surface area contributed by atoms with Gasteiger partial charge in [0.25, 0.3) is 0 Å². The number of unbranched alkanes of at least 4 members (excludes halogenated alkanes) is 4. The topological polar surface area (TPSA) is 25.2 Å². The minimum Gasteiger partial charge on any atom is -0.303 e. The third-order valence-corrected chi connectivity index (χ3v) is 6.81. The van der Waals surface area contributed by atoms with Gasteiger partial charge in [0.2, 0.25) is 0 Å². The Morgan fingerprint density at radius 1 is 1.00 bits per heavy atom. The smallest absolute Gasteiger partial charge is 0.303 e. The number of aryl methyl sites for hydroxylation is 1. The van der Waals surface area contributed by atoms with Crippen LogP contribution >= 0.6 is 11.3 Å².